The van der Waals surface area contributed by atoms with Gasteiger partial charge < -0.3 is 20.1 Å². The SMILES string of the molecule is COc1cc(N2CCC(CN3CCOCC3)CC2)ccc1N. The van der Waals surface area contributed by atoms with Crippen LogP contribution in [-0.2, 0) is 4.74 Å². The van der Waals surface area contributed by atoms with Gasteiger partial charge in [-0.3, -0.25) is 4.90 Å². The maximum atomic E-state index is 5.90. The first-order chi connectivity index (χ1) is 10.8. The summed E-state index contributed by atoms with van der Waals surface area (Å²) in [5.74, 6) is 1.58. The Labute approximate surface area is 133 Å². The summed E-state index contributed by atoms with van der Waals surface area (Å²) in [6.45, 7) is 7.42. The molecule has 2 saturated heterocycles. The van der Waals surface area contributed by atoms with Crippen LogP contribution in [-0.4, -0.2) is 57.9 Å². The van der Waals surface area contributed by atoms with Crippen LogP contribution in [0.25, 0.3) is 0 Å². The molecule has 22 heavy (non-hydrogen) atoms. The maximum Gasteiger partial charge on any atom is 0.143 e. The minimum Gasteiger partial charge on any atom is -0.495 e. The minimum atomic E-state index is 0.702. The number of piperidine rings is 1. The Bertz CT molecular complexity index is 481. The van der Waals surface area contributed by atoms with Crippen LogP contribution in [0.4, 0.5) is 11.4 Å². The lowest BCUT2D eigenvalue weighted by molar-refractivity contribution is 0.0289. The third-order valence-corrected chi connectivity index (χ3v) is 4.82. The number of methoxy groups -OCH3 is 1. The Hall–Kier alpha value is -1.46. The van der Waals surface area contributed by atoms with Gasteiger partial charge in [-0.05, 0) is 30.9 Å². The highest BCUT2D eigenvalue weighted by Gasteiger charge is 2.23. The van der Waals surface area contributed by atoms with Gasteiger partial charge in [0.25, 0.3) is 0 Å². The molecule has 0 radical (unpaired) electrons. The lowest BCUT2D eigenvalue weighted by atomic mass is 9.95. The first-order valence-electron chi connectivity index (χ1n) is 8.25. The third-order valence-electron chi connectivity index (χ3n) is 4.82. The van der Waals surface area contributed by atoms with Crippen LogP contribution in [0.5, 0.6) is 5.75 Å². The van der Waals surface area contributed by atoms with E-state index in [-0.39, 0.29) is 0 Å². The Morgan fingerprint density at radius 3 is 2.59 bits per heavy atom. The number of nitrogen functional groups attached to an aromatic ring is 1. The minimum absolute atomic E-state index is 0.702. The van der Waals surface area contributed by atoms with E-state index in [0.29, 0.717) is 5.69 Å². The highest BCUT2D eigenvalue weighted by Crippen LogP contribution is 2.30. The molecule has 0 bridgehead atoms. The number of ether oxygens (including phenoxy) is 2. The van der Waals surface area contributed by atoms with Crippen LogP contribution in [0.3, 0.4) is 0 Å². The summed E-state index contributed by atoms with van der Waals surface area (Å²) in [4.78, 5) is 4.99. The third kappa shape index (κ3) is 3.65. The van der Waals surface area contributed by atoms with E-state index in [0.717, 1.165) is 51.1 Å². The van der Waals surface area contributed by atoms with Crippen molar-refractivity contribution in [3.63, 3.8) is 0 Å². The van der Waals surface area contributed by atoms with Crippen molar-refractivity contribution < 1.29 is 9.47 Å². The standard InChI is InChI=1S/C17H27N3O2/c1-21-17-12-15(2-3-16(17)18)20-6-4-14(5-7-20)13-19-8-10-22-11-9-19/h2-3,12,14H,4-11,13,18H2,1H3. The summed E-state index contributed by atoms with van der Waals surface area (Å²) in [7, 11) is 1.67. The van der Waals surface area contributed by atoms with E-state index in [1.165, 1.54) is 25.1 Å². The molecule has 0 atom stereocenters. The lowest BCUT2D eigenvalue weighted by Gasteiger charge is -2.37. The summed E-state index contributed by atoms with van der Waals surface area (Å²) in [5, 5.41) is 0. The molecule has 0 aromatic heterocycles. The quantitative estimate of drug-likeness (QED) is 0.860. The van der Waals surface area contributed by atoms with Crippen LogP contribution >= 0.6 is 0 Å². The van der Waals surface area contributed by atoms with Crippen molar-refractivity contribution in [1.82, 2.24) is 4.90 Å². The fourth-order valence-corrected chi connectivity index (χ4v) is 3.42. The zero-order valence-corrected chi connectivity index (χ0v) is 13.5. The van der Waals surface area contributed by atoms with Crippen LogP contribution < -0.4 is 15.4 Å². The predicted octanol–water partition coefficient (Wildman–Crippen LogP) is 1.83. The van der Waals surface area contributed by atoms with Crippen molar-refractivity contribution in [2.75, 3.05) is 63.7 Å². The van der Waals surface area contributed by atoms with E-state index in [4.69, 9.17) is 15.2 Å². The zero-order chi connectivity index (χ0) is 15.4. The zero-order valence-electron chi connectivity index (χ0n) is 13.5. The number of hydrogen-bond donors (Lipinski definition) is 1. The van der Waals surface area contributed by atoms with Crippen LogP contribution in [0, 0.1) is 5.92 Å². The van der Waals surface area contributed by atoms with Gasteiger partial charge in [-0.25, -0.2) is 0 Å². The molecule has 0 amide bonds. The van der Waals surface area contributed by atoms with Crippen LogP contribution in [0.15, 0.2) is 18.2 Å². The Balaban J connectivity index is 1.52. The van der Waals surface area contributed by atoms with Crippen molar-refractivity contribution in [2.24, 2.45) is 5.92 Å². The smallest absolute Gasteiger partial charge is 0.143 e. The maximum absolute atomic E-state index is 5.90. The van der Waals surface area contributed by atoms with Crippen molar-refractivity contribution >= 4 is 11.4 Å². The van der Waals surface area contributed by atoms with Gasteiger partial charge in [-0.15, -0.1) is 0 Å². The fraction of sp³-hybridized carbons (Fsp3) is 0.647. The molecule has 0 unspecified atom stereocenters. The molecule has 0 aliphatic carbocycles. The van der Waals surface area contributed by atoms with Crippen LogP contribution in [0.1, 0.15) is 12.8 Å². The number of hydrogen-bond acceptors (Lipinski definition) is 5. The normalized spacial score (nSPS) is 21.0. The number of nitrogens with zero attached hydrogens (tertiary/aromatic N) is 2. The highest BCUT2D eigenvalue weighted by atomic mass is 16.5. The highest BCUT2D eigenvalue weighted by molar-refractivity contribution is 5.62. The molecule has 122 valence electrons. The van der Waals surface area contributed by atoms with E-state index in [1.54, 1.807) is 7.11 Å². The lowest BCUT2D eigenvalue weighted by Crippen LogP contribution is -2.42. The second-order valence-electron chi connectivity index (χ2n) is 6.27. The molecule has 2 heterocycles. The summed E-state index contributed by atoms with van der Waals surface area (Å²) in [5.41, 5.74) is 7.82. The summed E-state index contributed by atoms with van der Waals surface area (Å²) in [6, 6.07) is 6.09. The molecule has 5 heteroatoms. The second kappa shape index (κ2) is 7.20. The molecule has 2 aliphatic heterocycles. The molecule has 1 aromatic rings. The van der Waals surface area contributed by atoms with E-state index in [9.17, 15) is 0 Å². The van der Waals surface area contributed by atoms with E-state index < -0.39 is 0 Å². The summed E-state index contributed by atoms with van der Waals surface area (Å²) < 4.78 is 10.8. The molecule has 0 spiro atoms. The van der Waals surface area contributed by atoms with Gasteiger partial charge in [0, 0.05) is 44.5 Å². The largest absolute Gasteiger partial charge is 0.495 e. The molecular formula is C17H27N3O2. The number of nitrogens with two attached hydrogens (primary N) is 1. The van der Waals surface area contributed by atoms with Gasteiger partial charge in [0.2, 0.25) is 0 Å². The van der Waals surface area contributed by atoms with E-state index in [1.807, 2.05) is 6.07 Å². The monoisotopic (exact) mass is 305 g/mol. The van der Waals surface area contributed by atoms with Gasteiger partial charge >= 0.3 is 0 Å². The summed E-state index contributed by atoms with van der Waals surface area (Å²) in [6.07, 6.45) is 2.51. The predicted molar refractivity (Wildman–Crippen MR) is 89.6 cm³/mol. The molecular weight excluding hydrogens is 278 g/mol. The molecule has 0 saturated carbocycles. The number of morpholine rings is 1. The molecule has 2 aliphatic rings. The fourth-order valence-electron chi connectivity index (χ4n) is 3.42. The average Bonchev–Trinajstić information content (AvgIpc) is 2.57. The van der Waals surface area contributed by atoms with Crippen LogP contribution in [0.2, 0.25) is 0 Å². The molecule has 1 aromatic carbocycles. The number of anilines is 2. The summed E-state index contributed by atoms with van der Waals surface area (Å²) >= 11 is 0. The van der Waals surface area contributed by atoms with Gasteiger partial charge in [-0.2, -0.15) is 0 Å². The Morgan fingerprint density at radius 2 is 1.91 bits per heavy atom. The Kier molecular flexibility index (Phi) is 5.05. The first-order valence-corrected chi connectivity index (χ1v) is 8.25. The van der Waals surface area contributed by atoms with Gasteiger partial charge in [0.05, 0.1) is 26.0 Å². The molecule has 2 N–H and O–H groups in total. The molecule has 3 rings (SSSR count). The number of rotatable bonds is 4. The van der Waals surface area contributed by atoms with E-state index >= 15 is 0 Å². The molecule has 2 fully saturated rings. The van der Waals surface area contributed by atoms with Crippen molar-refractivity contribution in [1.29, 1.82) is 0 Å². The van der Waals surface area contributed by atoms with E-state index in [2.05, 4.69) is 21.9 Å². The van der Waals surface area contributed by atoms with Gasteiger partial charge in [0.15, 0.2) is 0 Å². The molecule has 5 nitrogen and oxygen atoms in total. The Morgan fingerprint density at radius 1 is 1.18 bits per heavy atom. The first kappa shape index (κ1) is 15.4. The van der Waals surface area contributed by atoms with Crippen molar-refractivity contribution in [3.05, 3.63) is 18.2 Å². The second-order valence-corrected chi connectivity index (χ2v) is 6.27. The van der Waals surface area contributed by atoms with Gasteiger partial charge in [-0.1, -0.05) is 0 Å². The van der Waals surface area contributed by atoms with Crippen molar-refractivity contribution in [3.8, 4) is 5.75 Å². The topological polar surface area (TPSA) is 51.0 Å². The van der Waals surface area contributed by atoms with Gasteiger partial charge in [0.1, 0.15) is 5.75 Å². The number of benzene rings is 1. The average molecular weight is 305 g/mol. The van der Waals surface area contributed by atoms with Crippen molar-refractivity contribution in [2.45, 2.75) is 12.8 Å².